The fourth-order valence-corrected chi connectivity index (χ4v) is 3.76. The summed E-state index contributed by atoms with van der Waals surface area (Å²) < 4.78 is 44.2. The lowest BCUT2D eigenvalue weighted by molar-refractivity contribution is -0.141. The molecule has 1 fully saturated rings. The van der Waals surface area contributed by atoms with E-state index >= 15 is 0 Å². The normalized spacial score (nSPS) is 19.0. The number of methoxy groups -OCH3 is 1. The zero-order valence-electron chi connectivity index (χ0n) is 17.0. The average molecular weight is 408 g/mol. The van der Waals surface area contributed by atoms with E-state index in [4.69, 9.17) is 4.74 Å². The fraction of sp³-hybridized carbons (Fsp3) is 0.524. The predicted octanol–water partition coefficient (Wildman–Crippen LogP) is 4.70. The monoisotopic (exact) mass is 408 g/mol. The van der Waals surface area contributed by atoms with E-state index in [2.05, 4.69) is 27.1 Å². The molecule has 0 amide bonds. The summed E-state index contributed by atoms with van der Waals surface area (Å²) >= 11 is 0. The van der Waals surface area contributed by atoms with Gasteiger partial charge in [0.05, 0.1) is 12.8 Å². The minimum absolute atomic E-state index is 0.146. The molecule has 29 heavy (non-hydrogen) atoms. The highest BCUT2D eigenvalue weighted by Gasteiger charge is 2.33. The van der Waals surface area contributed by atoms with Gasteiger partial charge in [-0.3, -0.25) is 4.90 Å². The van der Waals surface area contributed by atoms with Crippen molar-refractivity contribution in [3.8, 4) is 5.88 Å². The Labute approximate surface area is 169 Å². The van der Waals surface area contributed by atoms with Gasteiger partial charge in [0.1, 0.15) is 5.69 Å². The van der Waals surface area contributed by atoms with E-state index in [0.29, 0.717) is 29.7 Å². The van der Waals surface area contributed by atoms with Crippen LogP contribution in [-0.2, 0) is 6.18 Å². The number of aryl methyl sites for hydroxylation is 1. The van der Waals surface area contributed by atoms with Crippen molar-refractivity contribution in [3.63, 3.8) is 0 Å². The lowest BCUT2D eigenvalue weighted by Gasteiger charge is -2.36. The summed E-state index contributed by atoms with van der Waals surface area (Å²) in [5.74, 6) is 0.942. The highest BCUT2D eigenvalue weighted by molar-refractivity contribution is 5.46. The standard InChI is InChI=1S/C21H27F3N4O/c1-14-10-17(11-19(26-14)21(22,23)24)25-12-16-6-5-9-28(13-16)15(2)18-7-4-8-20(27-18)29-3/h4,7-8,10-11,15-16H,5-6,9,12-13H2,1-3H3,(H,25,26)/t15-,16?/m1/s1. The number of likely N-dealkylation sites (tertiary alicyclic amines) is 1. The third-order valence-electron chi connectivity index (χ3n) is 5.32. The van der Waals surface area contributed by atoms with E-state index in [9.17, 15) is 13.2 Å². The molecule has 0 spiro atoms. The van der Waals surface area contributed by atoms with Gasteiger partial charge in [-0.15, -0.1) is 0 Å². The smallest absolute Gasteiger partial charge is 0.433 e. The van der Waals surface area contributed by atoms with Crippen LogP contribution in [-0.4, -0.2) is 41.6 Å². The van der Waals surface area contributed by atoms with Gasteiger partial charge in [0.15, 0.2) is 0 Å². The number of hydrogen-bond acceptors (Lipinski definition) is 5. The molecular weight excluding hydrogens is 381 g/mol. The number of anilines is 1. The summed E-state index contributed by atoms with van der Waals surface area (Å²) in [4.78, 5) is 10.5. The van der Waals surface area contributed by atoms with Crippen molar-refractivity contribution < 1.29 is 17.9 Å². The van der Waals surface area contributed by atoms with Crippen molar-refractivity contribution in [2.45, 2.75) is 38.9 Å². The second kappa shape index (κ2) is 8.98. The summed E-state index contributed by atoms with van der Waals surface area (Å²) in [6.07, 6.45) is -2.36. The molecular formula is C21H27F3N4O. The summed E-state index contributed by atoms with van der Waals surface area (Å²) in [6.45, 7) is 6.16. The summed E-state index contributed by atoms with van der Waals surface area (Å²) in [6, 6.07) is 8.63. The van der Waals surface area contributed by atoms with Crippen LogP contribution in [0.2, 0.25) is 0 Å². The molecule has 0 aromatic carbocycles. The zero-order valence-corrected chi connectivity index (χ0v) is 17.0. The second-order valence-electron chi connectivity index (χ2n) is 7.55. The fourth-order valence-electron chi connectivity index (χ4n) is 3.76. The summed E-state index contributed by atoms with van der Waals surface area (Å²) in [5.41, 5.74) is 0.912. The first-order valence-corrected chi connectivity index (χ1v) is 9.81. The Morgan fingerprint density at radius 3 is 2.79 bits per heavy atom. The Hall–Kier alpha value is -2.35. The van der Waals surface area contributed by atoms with E-state index < -0.39 is 11.9 Å². The third-order valence-corrected chi connectivity index (χ3v) is 5.32. The maximum Gasteiger partial charge on any atom is 0.433 e. The number of halogens is 3. The van der Waals surface area contributed by atoms with Crippen LogP contribution in [0.5, 0.6) is 5.88 Å². The molecule has 1 unspecified atom stereocenters. The van der Waals surface area contributed by atoms with Crippen LogP contribution in [0.4, 0.5) is 18.9 Å². The van der Waals surface area contributed by atoms with E-state index in [1.54, 1.807) is 20.1 Å². The molecule has 0 bridgehead atoms. The molecule has 2 aromatic heterocycles. The number of hydrogen-bond donors (Lipinski definition) is 1. The lowest BCUT2D eigenvalue weighted by Crippen LogP contribution is -2.39. The molecule has 0 aliphatic carbocycles. The molecule has 3 rings (SSSR count). The van der Waals surface area contributed by atoms with E-state index in [0.717, 1.165) is 37.7 Å². The number of rotatable bonds is 6. The molecule has 1 saturated heterocycles. The van der Waals surface area contributed by atoms with Gasteiger partial charge < -0.3 is 10.1 Å². The highest BCUT2D eigenvalue weighted by atomic mass is 19.4. The van der Waals surface area contributed by atoms with Crippen molar-refractivity contribution in [1.29, 1.82) is 0 Å². The van der Waals surface area contributed by atoms with Crippen molar-refractivity contribution in [2.24, 2.45) is 5.92 Å². The number of aromatic nitrogens is 2. The van der Waals surface area contributed by atoms with Crippen molar-refractivity contribution in [2.75, 3.05) is 32.1 Å². The summed E-state index contributed by atoms with van der Waals surface area (Å²) in [7, 11) is 1.60. The zero-order chi connectivity index (χ0) is 21.0. The van der Waals surface area contributed by atoms with Crippen molar-refractivity contribution >= 4 is 5.69 Å². The minimum atomic E-state index is -4.44. The molecule has 1 aliphatic heterocycles. The van der Waals surface area contributed by atoms with Crippen LogP contribution in [0.25, 0.3) is 0 Å². The molecule has 8 heteroatoms. The van der Waals surface area contributed by atoms with E-state index in [1.165, 1.54) is 0 Å². The van der Waals surface area contributed by atoms with Gasteiger partial charge in [0, 0.05) is 36.6 Å². The van der Waals surface area contributed by atoms with Crippen LogP contribution in [0.3, 0.4) is 0 Å². The topological polar surface area (TPSA) is 50.3 Å². The maximum absolute atomic E-state index is 13.0. The Balaban J connectivity index is 1.62. The van der Waals surface area contributed by atoms with Crippen LogP contribution < -0.4 is 10.1 Å². The lowest BCUT2D eigenvalue weighted by atomic mass is 9.96. The third kappa shape index (κ3) is 5.59. The first-order valence-electron chi connectivity index (χ1n) is 9.81. The minimum Gasteiger partial charge on any atom is -0.481 e. The SMILES string of the molecule is COc1cccc([C@@H](C)N2CCCC(CNc3cc(C)nc(C(F)(F)F)c3)C2)n1. The van der Waals surface area contributed by atoms with Crippen molar-refractivity contribution in [3.05, 3.63) is 47.4 Å². The van der Waals surface area contributed by atoms with Crippen LogP contribution in [0, 0.1) is 12.8 Å². The van der Waals surface area contributed by atoms with Gasteiger partial charge in [-0.2, -0.15) is 13.2 Å². The second-order valence-corrected chi connectivity index (χ2v) is 7.55. The highest BCUT2D eigenvalue weighted by Crippen LogP contribution is 2.30. The summed E-state index contributed by atoms with van der Waals surface area (Å²) in [5, 5.41) is 3.18. The number of alkyl halides is 3. The maximum atomic E-state index is 13.0. The Morgan fingerprint density at radius 1 is 1.28 bits per heavy atom. The number of nitrogens with one attached hydrogen (secondary N) is 1. The Kier molecular flexibility index (Phi) is 6.62. The van der Waals surface area contributed by atoms with Crippen LogP contribution in [0.15, 0.2) is 30.3 Å². The largest absolute Gasteiger partial charge is 0.481 e. The molecule has 0 radical (unpaired) electrons. The first-order chi connectivity index (χ1) is 13.8. The molecule has 2 aromatic rings. The van der Waals surface area contributed by atoms with Crippen LogP contribution >= 0.6 is 0 Å². The quantitative estimate of drug-likeness (QED) is 0.751. The molecule has 1 N–H and O–H groups in total. The molecule has 2 atom stereocenters. The number of pyridine rings is 2. The molecule has 3 heterocycles. The Morgan fingerprint density at radius 2 is 2.07 bits per heavy atom. The molecule has 0 saturated carbocycles. The van der Waals surface area contributed by atoms with Gasteiger partial charge in [0.2, 0.25) is 5.88 Å². The van der Waals surface area contributed by atoms with E-state index in [1.807, 2.05) is 18.2 Å². The van der Waals surface area contributed by atoms with E-state index in [-0.39, 0.29) is 6.04 Å². The van der Waals surface area contributed by atoms with Gasteiger partial charge >= 0.3 is 6.18 Å². The van der Waals surface area contributed by atoms with Crippen LogP contribution in [0.1, 0.15) is 42.9 Å². The number of nitrogens with zero attached hydrogens (tertiary/aromatic N) is 3. The van der Waals surface area contributed by atoms with Gasteiger partial charge in [-0.25, -0.2) is 9.97 Å². The molecule has 1 aliphatic rings. The molecule has 158 valence electrons. The number of ether oxygens (including phenoxy) is 1. The average Bonchev–Trinajstić information content (AvgIpc) is 2.71. The van der Waals surface area contributed by atoms with Gasteiger partial charge in [-0.1, -0.05) is 6.07 Å². The van der Waals surface area contributed by atoms with Gasteiger partial charge in [0.25, 0.3) is 0 Å². The van der Waals surface area contributed by atoms with Gasteiger partial charge in [-0.05, 0) is 57.4 Å². The number of piperidine rings is 1. The van der Waals surface area contributed by atoms with Crippen molar-refractivity contribution in [1.82, 2.24) is 14.9 Å². The predicted molar refractivity (Wildman–Crippen MR) is 106 cm³/mol. The first kappa shape index (κ1) is 21.4. The Bertz CT molecular complexity index is 828. The molecule has 5 nitrogen and oxygen atoms in total.